The van der Waals surface area contributed by atoms with E-state index in [1.54, 1.807) is 6.92 Å². The molecule has 1 aliphatic rings. The molecule has 1 heterocycles. The van der Waals surface area contributed by atoms with E-state index >= 15 is 0 Å². The second-order valence-corrected chi connectivity index (χ2v) is 9.08. The number of nitrogens with one attached hydrogen (secondary N) is 2. The minimum atomic E-state index is -3.64. The lowest BCUT2D eigenvalue weighted by atomic mass is 9.95. The van der Waals surface area contributed by atoms with E-state index in [2.05, 4.69) is 10.6 Å². The quantitative estimate of drug-likeness (QED) is 0.716. The summed E-state index contributed by atoms with van der Waals surface area (Å²) in [6.45, 7) is 2.44. The molecule has 1 aromatic rings. The van der Waals surface area contributed by atoms with Crippen molar-refractivity contribution in [3.8, 4) is 0 Å². The number of halogens is 4. The topological polar surface area (TPSA) is 75.3 Å². The van der Waals surface area contributed by atoms with E-state index < -0.39 is 32.4 Å². The normalized spacial score (nSPS) is 18.1. The van der Waals surface area contributed by atoms with E-state index in [1.165, 1.54) is 6.07 Å². The van der Waals surface area contributed by atoms with Gasteiger partial charge in [-0.25, -0.2) is 12.8 Å². The Labute approximate surface area is 163 Å². The van der Waals surface area contributed by atoms with Crippen molar-refractivity contribution in [3.05, 3.63) is 33.6 Å². The molecule has 142 valence electrons. The van der Waals surface area contributed by atoms with Gasteiger partial charge >= 0.3 is 0 Å². The Morgan fingerprint density at radius 3 is 2.40 bits per heavy atom. The molecule has 2 N–H and O–H groups in total. The molecule has 0 radical (unpaired) electrons. The maximum atomic E-state index is 13.7. The van der Waals surface area contributed by atoms with Gasteiger partial charge in [-0.05, 0) is 45.0 Å². The summed E-state index contributed by atoms with van der Waals surface area (Å²) in [4.78, 5) is 12.8. The minimum absolute atomic E-state index is 0. The maximum absolute atomic E-state index is 13.7. The number of sulfone groups is 1. The van der Waals surface area contributed by atoms with Crippen LogP contribution in [-0.4, -0.2) is 38.4 Å². The van der Waals surface area contributed by atoms with Crippen LogP contribution in [0.4, 0.5) is 4.39 Å². The molecule has 0 aromatic heterocycles. The molecule has 0 bridgehead atoms. The summed E-state index contributed by atoms with van der Waals surface area (Å²) < 4.78 is 36.7. The van der Waals surface area contributed by atoms with E-state index in [1.807, 2.05) is 0 Å². The zero-order chi connectivity index (χ0) is 18.1. The van der Waals surface area contributed by atoms with Crippen LogP contribution in [0, 0.1) is 5.82 Å². The molecule has 1 saturated heterocycles. The molecule has 0 aliphatic carbocycles. The lowest BCUT2D eigenvalue weighted by Gasteiger charge is -2.35. The first-order chi connectivity index (χ1) is 11.1. The number of hydrogen-bond acceptors (Lipinski definition) is 4. The van der Waals surface area contributed by atoms with Gasteiger partial charge in [0.1, 0.15) is 5.82 Å². The zero-order valence-corrected chi connectivity index (χ0v) is 16.9. The van der Waals surface area contributed by atoms with Gasteiger partial charge in [-0.1, -0.05) is 23.2 Å². The summed E-state index contributed by atoms with van der Waals surface area (Å²) >= 11 is 12.0. The highest BCUT2D eigenvalue weighted by Gasteiger charge is 2.49. The summed E-state index contributed by atoms with van der Waals surface area (Å²) in [5, 5.41) is 5.70. The number of hydrogen-bond donors (Lipinski definition) is 2. The fourth-order valence-electron chi connectivity index (χ4n) is 2.94. The van der Waals surface area contributed by atoms with Gasteiger partial charge in [0.2, 0.25) is 5.91 Å². The fourth-order valence-corrected chi connectivity index (χ4v) is 4.98. The number of piperidine rings is 1. The average Bonchev–Trinajstić information content (AvgIpc) is 2.51. The molecule has 1 aromatic carbocycles. The molecule has 1 amide bonds. The second-order valence-electron chi connectivity index (χ2n) is 5.97. The third kappa shape index (κ3) is 4.39. The van der Waals surface area contributed by atoms with E-state index in [9.17, 15) is 17.6 Å². The average molecular weight is 434 g/mol. The smallest absolute Gasteiger partial charge is 0.242 e. The minimum Gasteiger partial charge on any atom is -0.348 e. The number of rotatable bonds is 4. The van der Waals surface area contributed by atoms with Crippen molar-refractivity contribution in [1.82, 2.24) is 10.6 Å². The third-order valence-corrected chi connectivity index (χ3v) is 7.12. The van der Waals surface area contributed by atoms with Crippen LogP contribution in [0.25, 0.3) is 0 Å². The van der Waals surface area contributed by atoms with Gasteiger partial charge in [0.05, 0.1) is 11.1 Å². The molecule has 1 unspecified atom stereocenters. The van der Waals surface area contributed by atoms with Crippen molar-refractivity contribution < 1.29 is 17.6 Å². The molecule has 5 nitrogen and oxygen atoms in total. The SMILES string of the molecule is CC(NC(=O)C1(S(C)(=O)=O)CCNCC1)c1c(Cl)ccc(F)c1Cl.Cl. The van der Waals surface area contributed by atoms with Gasteiger partial charge in [0.25, 0.3) is 0 Å². The van der Waals surface area contributed by atoms with Gasteiger partial charge < -0.3 is 10.6 Å². The first-order valence-corrected chi connectivity index (χ1v) is 10.1. The Bertz CT molecular complexity index is 753. The van der Waals surface area contributed by atoms with E-state index in [4.69, 9.17) is 23.2 Å². The highest BCUT2D eigenvalue weighted by molar-refractivity contribution is 7.92. The van der Waals surface area contributed by atoms with Crippen LogP contribution < -0.4 is 10.6 Å². The monoisotopic (exact) mass is 432 g/mol. The Balaban J connectivity index is 0.00000312. The summed E-state index contributed by atoms with van der Waals surface area (Å²) in [5.41, 5.74) is 0.226. The van der Waals surface area contributed by atoms with Crippen molar-refractivity contribution in [2.24, 2.45) is 0 Å². The van der Waals surface area contributed by atoms with E-state index in [0.29, 0.717) is 13.1 Å². The fraction of sp³-hybridized carbons (Fsp3) is 0.533. The van der Waals surface area contributed by atoms with E-state index in [0.717, 1.165) is 12.3 Å². The lowest BCUT2D eigenvalue weighted by molar-refractivity contribution is -0.125. The molecular formula is C15H20Cl3FN2O3S. The standard InChI is InChI=1S/C15H19Cl2FN2O3S.ClH/c1-9(12-10(16)3-4-11(18)13(12)17)20-14(21)15(24(2,22)23)5-7-19-8-6-15;/h3-4,9,19H,5-8H2,1-2H3,(H,20,21);1H. The van der Waals surface area contributed by atoms with Crippen molar-refractivity contribution in [3.63, 3.8) is 0 Å². The molecule has 2 rings (SSSR count). The van der Waals surface area contributed by atoms with Crippen molar-refractivity contribution in [2.75, 3.05) is 19.3 Å². The number of amides is 1. The number of carbonyl (C=O) groups excluding carboxylic acids is 1. The maximum Gasteiger partial charge on any atom is 0.242 e. The first kappa shape index (κ1) is 22.4. The Kier molecular flexibility index (Phi) is 7.53. The molecule has 1 atom stereocenters. The van der Waals surface area contributed by atoms with Crippen LogP contribution in [0.1, 0.15) is 31.4 Å². The largest absolute Gasteiger partial charge is 0.348 e. The predicted octanol–water partition coefficient (Wildman–Crippen LogP) is 2.90. The van der Waals surface area contributed by atoms with Gasteiger partial charge in [0.15, 0.2) is 14.6 Å². The molecular weight excluding hydrogens is 414 g/mol. The van der Waals surface area contributed by atoms with Crippen LogP contribution in [0.5, 0.6) is 0 Å². The first-order valence-electron chi connectivity index (χ1n) is 7.45. The molecule has 1 fully saturated rings. The van der Waals surface area contributed by atoms with Gasteiger partial charge in [-0.2, -0.15) is 0 Å². The molecule has 10 heteroatoms. The molecule has 25 heavy (non-hydrogen) atoms. The zero-order valence-electron chi connectivity index (χ0n) is 13.7. The van der Waals surface area contributed by atoms with Gasteiger partial charge in [-0.15, -0.1) is 12.4 Å². The lowest BCUT2D eigenvalue weighted by Crippen LogP contribution is -2.57. The Morgan fingerprint density at radius 2 is 1.88 bits per heavy atom. The number of carbonyl (C=O) groups is 1. The third-order valence-electron chi connectivity index (χ3n) is 4.39. The van der Waals surface area contributed by atoms with Crippen LogP contribution in [0.2, 0.25) is 10.0 Å². The molecule has 0 saturated carbocycles. The van der Waals surface area contributed by atoms with Crippen molar-refractivity contribution >= 4 is 51.4 Å². The molecule has 0 spiro atoms. The summed E-state index contributed by atoms with van der Waals surface area (Å²) in [6.07, 6.45) is 1.41. The summed E-state index contributed by atoms with van der Waals surface area (Å²) in [6, 6.07) is 1.74. The van der Waals surface area contributed by atoms with Gasteiger partial charge in [0, 0.05) is 16.8 Å². The van der Waals surface area contributed by atoms with Crippen molar-refractivity contribution in [1.29, 1.82) is 0 Å². The van der Waals surface area contributed by atoms with Gasteiger partial charge in [-0.3, -0.25) is 4.79 Å². The number of benzene rings is 1. The second kappa shape index (κ2) is 8.39. The van der Waals surface area contributed by atoms with Crippen LogP contribution in [-0.2, 0) is 14.6 Å². The summed E-state index contributed by atoms with van der Waals surface area (Å²) in [7, 11) is -3.64. The molecule has 1 aliphatic heterocycles. The van der Waals surface area contributed by atoms with Crippen molar-refractivity contribution in [2.45, 2.75) is 30.6 Å². The Hall–Kier alpha value is -0.600. The highest BCUT2D eigenvalue weighted by atomic mass is 35.5. The highest BCUT2D eigenvalue weighted by Crippen LogP contribution is 2.34. The van der Waals surface area contributed by atoms with Crippen LogP contribution in [0.3, 0.4) is 0 Å². The van der Waals surface area contributed by atoms with Crippen LogP contribution in [0.15, 0.2) is 12.1 Å². The van der Waals surface area contributed by atoms with E-state index in [-0.39, 0.29) is 40.9 Å². The summed E-state index contributed by atoms with van der Waals surface area (Å²) in [5.74, 6) is -1.27. The van der Waals surface area contributed by atoms with Crippen LogP contribution >= 0.6 is 35.6 Å². The Morgan fingerprint density at radius 1 is 1.32 bits per heavy atom. The predicted molar refractivity (Wildman–Crippen MR) is 99.9 cm³/mol.